The largest absolute Gasteiger partial charge is 0.322 e. The fraction of sp³-hybridized carbons (Fsp3) is 0.450. The molecular formula is C20H23F3N4O2. The molecule has 1 aliphatic rings. The quantitative estimate of drug-likeness (QED) is 0.606. The zero-order valence-electron chi connectivity index (χ0n) is 16.7. The molecule has 2 amide bonds. The van der Waals surface area contributed by atoms with Crippen molar-refractivity contribution >= 4 is 17.5 Å². The van der Waals surface area contributed by atoms with E-state index in [1.807, 2.05) is 20.8 Å². The molecule has 2 aromatic rings. The van der Waals surface area contributed by atoms with Crippen LogP contribution < -0.4 is 5.32 Å². The Hall–Kier alpha value is -2.84. The molecule has 0 bridgehead atoms. The number of anilines is 1. The molecule has 6 nitrogen and oxygen atoms in total. The van der Waals surface area contributed by atoms with Gasteiger partial charge in [-0.3, -0.25) is 9.48 Å². The van der Waals surface area contributed by atoms with Crippen molar-refractivity contribution in [3.05, 3.63) is 47.0 Å². The monoisotopic (exact) mass is 408 g/mol. The molecule has 1 aliphatic heterocycles. The Bertz CT molecular complexity index is 942. The summed E-state index contributed by atoms with van der Waals surface area (Å²) in [5, 5.41) is 6.65. The molecule has 0 unspecified atom stereocenters. The van der Waals surface area contributed by atoms with Gasteiger partial charge in [-0.2, -0.15) is 5.10 Å². The second-order valence-corrected chi connectivity index (χ2v) is 8.51. The standard InChI is InChI=1S/C20H23F3N4O2/c1-11-9-27-16(13(8-24-27)17(28)7-20(2,3)4)10-26(11)19(29)25-12-5-14(21)18(23)15(22)6-12/h5-6,8,11H,7,9-10H2,1-4H3,(H,25,29)/t11-/m1/s1. The SMILES string of the molecule is C[C@@H]1Cn2ncc(C(=O)CC(C)(C)C)c2CN1C(=O)Nc1cc(F)c(F)c(F)c1. The Balaban J connectivity index is 1.81. The van der Waals surface area contributed by atoms with Crippen molar-refractivity contribution in [1.29, 1.82) is 0 Å². The molecule has 156 valence electrons. The maximum atomic E-state index is 13.4. The number of carbonyl (C=O) groups is 2. The Morgan fingerprint density at radius 1 is 1.21 bits per heavy atom. The van der Waals surface area contributed by atoms with Crippen LogP contribution in [-0.4, -0.2) is 32.5 Å². The molecule has 0 saturated carbocycles. The van der Waals surface area contributed by atoms with E-state index in [2.05, 4.69) is 10.4 Å². The van der Waals surface area contributed by atoms with E-state index in [1.165, 1.54) is 11.1 Å². The van der Waals surface area contributed by atoms with Gasteiger partial charge in [-0.05, 0) is 12.3 Å². The van der Waals surface area contributed by atoms with Crippen LogP contribution in [0, 0.1) is 22.9 Å². The molecule has 0 spiro atoms. The predicted octanol–water partition coefficient (Wildman–Crippen LogP) is 4.36. The third kappa shape index (κ3) is 4.44. The minimum Gasteiger partial charge on any atom is -0.314 e. The zero-order valence-corrected chi connectivity index (χ0v) is 16.7. The van der Waals surface area contributed by atoms with Gasteiger partial charge in [0.05, 0.1) is 36.6 Å². The van der Waals surface area contributed by atoms with Crippen LogP contribution in [0.15, 0.2) is 18.3 Å². The predicted molar refractivity (Wildman–Crippen MR) is 101 cm³/mol. The van der Waals surface area contributed by atoms with Crippen LogP contribution in [0.5, 0.6) is 0 Å². The molecule has 1 N–H and O–H groups in total. The Morgan fingerprint density at radius 3 is 2.41 bits per heavy atom. The first-order valence-electron chi connectivity index (χ1n) is 9.26. The Labute approximate surface area is 166 Å². The van der Waals surface area contributed by atoms with Crippen LogP contribution in [0.4, 0.5) is 23.7 Å². The molecule has 0 saturated heterocycles. The van der Waals surface area contributed by atoms with Crippen LogP contribution in [0.25, 0.3) is 0 Å². The summed E-state index contributed by atoms with van der Waals surface area (Å²) < 4.78 is 41.6. The lowest BCUT2D eigenvalue weighted by atomic mass is 9.88. The van der Waals surface area contributed by atoms with Gasteiger partial charge in [-0.25, -0.2) is 18.0 Å². The smallest absolute Gasteiger partial charge is 0.314 e. The van der Waals surface area contributed by atoms with E-state index in [4.69, 9.17) is 0 Å². The number of aromatic nitrogens is 2. The van der Waals surface area contributed by atoms with E-state index >= 15 is 0 Å². The minimum absolute atomic E-state index is 0.0589. The molecule has 0 aliphatic carbocycles. The summed E-state index contributed by atoms with van der Waals surface area (Å²) in [4.78, 5) is 26.8. The van der Waals surface area contributed by atoms with Gasteiger partial charge in [-0.1, -0.05) is 20.8 Å². The van der Waals surface area contributed by atoms with E-state index in [0.717, 1.165) is 0 Å². The van der Waals surface area contributed by atoms with Crippen LogP contribution in [0.2, 0.25) is 0 Å². The molecule has 0 fully saturated rings. The number of benzene rings is 1. The fourth-order valence-corrected chi connectivity index (χ4v) is 3.31. The highest BCUT2D eigenvalue weighted by molar-refractivity contribution is 5.97. The van der Waals surface area contributed by atoms with Crippen LogP contribution in [-0.2, 0) is 13.1 Å². The number of carbonyl (C=O) groups excluding carboxylic acids is 2. The molecular weight excluding hydrogens is 385 g/mol. The molecule has 9 heteroatoms. The summed E-state index contributed by atoms with van der Waals surface area (Å²) in [6.45, 7) is 8.17. The molecule has 1 aromatic carbocycles. The van der Waals surface area contributed by atoms with Crippen molar-refractivity contribution in [2.45, 2.75) is 53.2 Å². The van der Waals surface area contributed by atoms with Gasteiger partial charge in [0, 0.05) is 24.2 Å². The first kappa shape index (κ1) is 20.9. The molecule has 1 aromatic heterocycles. The second-order valence-electron chi connectivity index (χ2n) is 8.51. The lowest BCUT2D eigenvalue weighted by molar-refractivity contribution is 0.0934. The highest BCUT2D eigenvalue weighted by atomic mass is 19.2. The number of nitrogens with one attached hydrogen (secondary N) is 1. The normalized spacial score (nSPS) is 16.5. The number of hydrogen-bond donors (Lipinski definition) is 1. The Morgan fingerprint density at radius 2 is 1.83 bits per heavy atom. The van der Waals surface area contributed by atoms with Crippen molar-refractivity contribution in [2.24, 2.45) is 5.41 Å². The van der Waals surface area contributed by atoms with Crippen molar-refractivity contribution in [3.8, 4) is 0 Å². The number of halogens is 3. The van der Waals surface area contributed by atoms with Gasteiger partial charge < -0.3 is 10.2 Å². The Kier molecular flexibility index (Phi) is 5.42. The number of amides is 2. The summed E-state index contributed by atoms with van der Waals surface area (Å²) in [7, 11) is 0. The van der Waals surface area contributed by atoms with Crippen molar-refractivity contribution in [3.63, 3.8) is 0 Å². The fourth-order valence-electron chi connectivity index (χ4n) is 3.31. The number of urea groups is 1. The van der Waals surface area contributed by atoms with Gasteiger partial charge in [0.2, 0.25) is 0 Å². The van der Waals surface area contributed by atoms with Gasteiger partial charge in [0.1, 0.15) is 0 Å². The summed E-state index contributed by atoms with van der Waals surface area (Å²) >= 11 is 0. The van der Waals surface area contributed by atoms with E-state index in [-0.39, 0.29) is 29.5 Å². The summed E-state index contributed by atoms with van der Waals surface area (Å²) in [6.07, 6.45) is 1.85. The third-order valence-corrected chi connectivity index (χ3v) is 4.73. The number of nitrogens with zero attached hydrogens (tertiary/aromatic N) is 3. The molecule has 29 heavy (non-hydrogen) atoms. The number of Topliss-reactive ketones (excluding diaryl/α,β-unsaturated/α-hetero) is 1. The zero-order chi connectivity index (χ0) is 21.5. The number of hydrogen-bond acceptors (Lipinski definition) is 3. The third-order valence-electron chi connectivity index (χ3n) is 4.73. The topological polar surface area (TPSA) is 67.2 Å². The van der Waals surface area contributed by atoms with Crippen molar-refractivity contribution in [1.82, 2.24) is 14.7 Å². The molecule has 0 radical (unpaired) electrons. The first-order valence-corrected chi connectivity index (χ1v) is 9.26. The lowest BCUT2D eigenvalue weighted by Gasteiger charge is -2.34. The van der Waals surface area contributed by atoms with Crippen LogP contribution in [0.1, 0.15) is 50.2 Å². The first-order chi connectivity index (χ1) is 13.5. The van der Waals surface area contributed by atoms with Crippen LogP contribution in [0.3, 0.4) is 0 Å². The highest BCUT2D eigenvalue weighted by Gasteiger charge is 2.32. The van der Waals surface area contributed by atoms with Crippen molar-refractivity contribution < 1.29 is 22.8 Å². The molecule has 3 rings (SSSR count). The summed E-state index contributed by atoms with van der Waals surface area (Å²) in [5.74, 6) is -4.43. The highest BCUT2D eigenvalue weighted by Crippen LogP contribution is 2.27. The molecule has 1 atom stereocenters. The number of fused-ring (bicyclic) bond motifs is 1. The number of rotatable bonds is 3. The van der Waals surface area contributed by atoms with Crippen molar-refractivity contribution in [2.75, 3.05) is 5.32 Å². The average Bonchev–Trinajstić information content (AvgIpc) is 3.00. The maximum absolute atomic E-state index is 13.4. The number of ketones is 1. The maximum Gasteiger partial charge on any atom is 0.322 e. The van der Waals surface area contributed by atoms with E-state index < -0.39 is 23.5 Å². The minimum atomic E-state index is -1.60. The van der Waals surface area contributed by atoms with Gasteiger partial charge in [0.25, 0.3) is 0 Å². The second kappa shape index (κ2) is 7.53. The van der Waals surface area contributed by atoms with Gasteiger partial charge in [-0.15, -0.1) is 0 Å². The van der Waals surface area contributed by atoms with E-state index in [9.17, 15) is 22.8 Å². The van der Waals surface area contributed by atoms with Gasteiger partial charge in [0.15, 0.2) is 23.2 Å². The van der Waals surface area contributed by atoms with E-state index in [1.54, 1.807) is 11.6 Å². The van der Waals surface area contributed by atoms with Crippen LogP contribution >= 0.6 is 0 Å². The average molecular weight is 408 g/mol. The summed E-state index contributed by atoms with van der Waals surface area (Å²) in [6, 6.07) is 0.550. The summed E-state index contributed by atoms with van der Waals surface area (Å²) in [5.41, 5.74) is 0.691. The van der Waals surface area contributed by atoms with Gasteiger partial charge >= 0.3 is 6.03 Å². The lowest BCUT2D eigenvalue weighted by Crippen LogP contribution is -2.47. The molecule has 2 heterocycles. The van der Waals surface area contributed by atoms with E-state index in [0.29, 0.717) is 36.4 Å².